The Morgan fingerprint density at radius 3 is 2.61 bits per heavy atom. The summed E-state index contributed by atoms with van der Waals surface area (Å²) in [4.78, 5) is 40.4. The Labute approximate surface area is 226 Å². The number of hydrogen-bond donors (Lipinski definition) is 2. The van der Waals surface area contributed by atoms with E-state index in [1.807, 2.05) is 56.6 Å². The van der Waals surface area contributed by atoms with Gasteiger partial charge in [-0.15, -0.1) is 11.3 Å². The number of nitrogens with zero attached hydrogens (tertiary/aromatic N) is 4. The van der Waals surface area contributed by atoms with Gasteiger partial charge in [0, 0.05) is 25.1 Å². The van der Waals surface area contributed by atoms with Crippen molar-refractivity contribution in [3.05, 3.63) is 76.4 Å². The van der Waals surface area contributed by atoms with E-state index in [1.165, 1.54) is 0 Å². The van der Waals surface area contributed by atoms with Crippen LogP contribution in [0.5, 0.6) is 0 Å². The van der Waals surface area contributed by atoms with Crippen molar-refractivity contribution in [1.82, 2.24) is 14.8 Å². The van der Waals surface area contributed by atoms with E-state index >= 15 is 0 Å². The van der Waals surface area contributed by atoms with Crippen LogP contribution in [-0.2, 0) is 17.9 Å². The number of fused-ring (bicyclic) bond motifs is 1. The highest BCUT2D eigenvalue weighted by atomic mass is 32.1. The van der Waals surface area contributed by atoms with E-state index in [2.05, 4.69) is 22.1 Å². The largest absolute Gasteiger partial charge is 0.391 e. The van der Waals surface area contributed by atoms with Gasteiger partial charge in [-0.2, -0.15) is 0 Å². The molecule has 9 heteroatoms. The zero-order chi connectivity index (χ0) is 27.0. The lowest BCUT2D eigenvalue weighted by Gasteiger charge is -2.35. The predicted molar refractivity (Wildman–Crippen MR) is 149 cm³/mol. The molecule has 8 nitrogen and oxygen atoms in total. The van der Waals surface area contributed by atoms with E-state index in [0.29, 0.717) is 30.9 Å². The highest BCUT2D eigenvalue weighted by Gasteiger charge is 2.44. The fourth-order valence-electron chi connectivity index (χ4n) is 5.42. The molecule has 3 heterocycles. The number of amidine groups is 1. The predicted octanol–water partition coefficient (Wildman–Crippen LogP) is 3.62. The molecule has 38 heavy (non-hydrogen) atoms. The quantitative estimate of drug-likeness (QED) is 0.357. The highest BCUT2D eigenvalue weighted by molar-refractivity contribution is 7.13. The second kappa shape index (κ2) is 10.7. The summed E-state index contributed by atoms with van der Waals surface area (Å²) in [6, 6.07) is 14.4. The average molecular weight is 532 g/mol. The first kappa shape index (κ1) is 26.1. The van der Waals surface area contributed by atoms with Crippen LogP contribution in [0.4, 0.5) is 0 Å². The van der Waals surface area contributed by atoms with Crippen LogP contribution in [0, 0.1) is 12.8 Å². The van der Waals surface area contributed by atoms with Gasteiger partial charge in [-0.05, 0) is 35.6 Å². The summed E-state index contributed by atoms with van der Waals surface area (Å²) >= 11 is 1.61. The van der Waals surface area contributed by atoms with Crippen molar-refractivity contribution in [2.75, 3.05) is 6.54 Å². The molecule has 0 aliphatic carbocycles. The van der Waals surface area contributed by atoms with Crippen LogP contribution in [0.1, 0.15) is 47.4 Å². The third-order valence-electron chi connectivity index (χ3n) is 7.38. The summed E-state index contributed by atoms with van der Waals surface area (Å²) in [5, 5.41) is 10.5. The van der Waals surface area contributed by atoms with Crippen LogP contribution in [-0.4, -0.2) is 62.3 Å². The van der Waals surface area contributed by atoms with Crippen LogP contribution < -0.4 is 5.73 Å². The number of aryl methyl sites for hydroxylation is 1. The third-order valence-corrected chi connectivity index (χ3v) is 8.36. The topological polar surface area (TPSA) is 112 Å². The van der Waals surface area contributed by atoms with Crippen LogP contribution in [0.2, 0.25) is 0 Å². The van der Waals surface area contributed by atoms with Crippen molar-refractivity contribution in [3.63, 3.8) is 0 Å². The Morgan fingerprint density at radius 1 is 1.21 bits per heavy atom. The molecule has 0 bridgehead atoms. The molecular formula is C29H33N5O3S. The third kappa shape index (κ3) is 4.96. The minimum Gasteiger partial charge on any atom is -0.391 e. The van der Waals surface area contributed by atoms with Crippen LogP contribution >= 0.6 is 11.3 Å². The molecule has 1 fully saturated rings. The summed E-state index contributed by atoms with van der Waals surface area (Å²) in [5.74, 6) is -0.137. The van der Waals surface area contributed by atoms with Crippen LogP contribution in [0.15, 0.2) is 59.0 Å². The maximum Gasteiger partial charge on any atom is 0.255 e. The van der Waals surface area contributed by atoms with E-state index < -0.39 is 18.2 Å². The molecule has 2 aliphatic heterocycles. The summed E-state index contributed by atoms with van der Waals surface area (Å²) in [5.41, 5.74) is 12.9. The minimum absolute atomic E-state index is 0.113. The number of carbonyl (C=O) groups excluding carboxylic acids is 2. The van der Waals surface area contributed by atoms with Gasteiger partial charge in [0.15, 0.2) is 0 Å². The molecule has 198 valence electrons. The Kier molecular flexibility index (Phi) is 7.32. The number of carbonyl (C=O) groups is 2. The van der Waals surface area contributed by atoms with Crippen molar-refractivity contribution >= 4 is 29.0 Å². The van der Waals surface area contributed by atoms with Crippen LogP contribution in [0.25, 0.3) is 10.4 Å². The number of aliphatic hydroxyl groups excluding tert-OH is 1. The molecule has 3 atom stereocenters. The molecular weight excluding hydrogens is 498 g/mol. The smallest absolute Gasteiger partial charge is 0.255 e. The van der Waals surface area contributed by atoms with Gasteiger partial charge in [0.1, 0.15) is 11.9 Å². The first-order valence-corrected chi connectivity index (χ1v) is 13.8. The number of benzene rings is 2. The van der Waals surface area contributed by atoms with Crippen molar-refractivity contribution < 1.29 is 14.7 Å². The zero-order valence-electron chi connectivity index (χ0n) is 21.9. The minimum atomic E-state index is -0.695. The number of aliphatic imine (C=N–C) groups is 1. The first-order chi connectivity index (χ1) is 18.2. The van der Waals surface area contributed by atoms with E-state index in [9.17, 15) is 14.7 Å². The fourth-order valence-corrected chi connectivity index (χ4v) is 6.23. The lowest BCUT2D eigenvalue weighted by atomic mass is 10.0. The maximum atomic E-state index is 13.9. The van der Waals surface area contributed by atoms with Gasteiger partial charge in [0.05, 0.1) is 34.8 Å². The molecule has 0 spiro atoms. The lowest BCUT2D eigenvalue weighted by Crippen LogP contribution is -2.55. The maximum absolute atomic E-state index is 13.9. The number of β-amino-alcohol motifs (C(OH)–C–C–N with tert-alkyl or cyclic N) is 1. The molecule has 5 rings (SSSR count). The van der Waals surface area contributed by atoms with Crippen molar-refractivity contribution in [1.29, 1.82) is 0 Å². The normalized spacial score (nSPS) is 20.3. The van der Waals surface area contributed by atoms with E-state index in [1.54, 1.807) is 27.2 Å². The summed E-state index contributed by atoms with van der Waals surface area (Å²) < 4.78 is 0. The summed E-state index contributed by atoms with van der Waals surface area (Å²) in [7, 11) is 0. The Hall–Kier alpha value is -3.56. The van der Waals surface area contributed by atoms with Crippen LogP contribution in [0.3, 0.4) is 0 Å². The Bertz CT molecular complexity index is 1370. The molecule has 2 aromatic carbocycles. The van der Waals surface area contributed by atoms with Crippen molar-refractivity contribution in [2.45, 2.75) is 58.5 Å². The van der Waals surface area contributed by atoms with E-state index in [4.69, 9.17) is 5.73 Å². The molecule has 3 N–H and O–H groups in total. The zero-order valence-corrected chi connectivity index (χ0v) is 22.7. The lowest BCUT2D eigenvalue weighted by molar-refractivity contribution is -0.138. The number of aromatic nitrogens is 1. The van der Waals surface area contributed by atoms with Gasteiger partial charge >= 0.3 is 0 Å². The van der Waals surface area contributed by atoms with Gasteiger partial charge in [-0.3, -0.25) is 14.6 Å². The number of likely N-dealkylation sites (tertiary alicyclic amines) is 1. The Balaban J connectivity index is 1.32. The molecule has 2 amide bonds. The number of hydrogen-bond acceptors (Lipinski definition) is 6. The van der Waals surface area contributed by atoms with Gasteiger partial charge in [0.2, 0.25) is 5.91 Å². The number of rotatable bonds is 7. The van der Waals surface area contributed by atoms with Gasteiger partial charge in [-0.25, -0.2) is 4.98 Å². The number of thiazole rings is 1. The van der Waals surface area contributed by atoms with E-state index in [0.717, 1.165) is 27.3 Å². The Morgan fingerprint density at radius 2 is 1.95 bits per heavy atom. The number of amides is 2. The molecule has 3 aromatic rings. The average Bonchev–Trinajstić information content (AvgIpc) is 3.60. The standard InChI is InChI=1S/C29H33N5O3S/c1-17(2)25(34-14-21-6-4-5-7-23(21)28(34)36)29(37)33-15-22(35)12-24(33)27(30)31-13-19-8-10-20(11-9-19)26-18(3)32-16-38-26/h4-11,16-17,22,24-25,35H,12-15H2,1-3H3,(H2,30,31)/t22-,24?,25+/m1/s1. The molecule has 2 aliphatic rings. The van der Waals surface area contributed by atoms with Gasteiger partial charge in [-0.1, -0.05) is 56.3 Å². The fraction of sp³-hybridized carbons (Fsp3) is 0.379. The van der Waals surface area contributed by atoms with E-state index in [-0.39, 0.29) is 24.3 Å². The van der Waals surface area contributed by atoms with Gasteiger partial charge in [0.25, 0.3) is 5.91 Å². The highest BCUT2D eigenvalue weighted by Crippen LogP contribution is 2.30. The summed E-state index contributed by atoms with van der Waals surface area (Å²) in [6.07, 6.45) is -0.372. The number of aliphatic hydroxyl groups is 1. The summed E-state index contributed by atoms with van der Waals surface area (Å²) in [6.45, 7) is 6.81. The second-order valence-corrected chi connectivity index (χ2v) is 11.2. The first-order valence-electron chi connectivity index (χ1n) is 12.9. The SMILES string of the molecule is Cc1ncsc1-c1ccc(CN=C(N)C2C[C@@H](O)CN2C(=O)[C@H](C(C)C)N2Cc3ccccc3C2=O)cc1. The molecule has 0 saturated carbocycles. The number of nitrogens with two attached hydrogens (primary N) is 1. The molecule has 0 radical (unpaired) electrons. The molecule has 1 aromatic heterocycles. The van der Waals surface area contributed by atoms with Gasteiger partial charge < -0.3 is 20.6 Å². The second-order valence-electron chi connectivity index (χ2n) is 10.4. The van der Waals surface area contributed by atoms with Crippen molar-refractivity contribution in [2.24, 2.45) is 16.6 Å². The van der Waals surface area contributed by atoms with Crippen molar-refractivity contribution in [3.8, 4) is 10.4 Å². The monoisotopic (exact) mass is 531 g/mol. The molecule has 1 saturated heterocycles. The molecule has 1 unspecified atom stereocenters.